The molecule has 0 spiro atoms. The van der Waals surface area contributed by atoms with E-state index < -0.39 is 16.1 Å². The maximum Gasteiger partial charge on any atom is 0.243 e. The number of amides is 1. The van der Waals surface area contributed by atoms with Gasteiger partial charge >= 0.3 is 0 Å². The highest BCUT2D eigenvalue weighted by Gasteiger charge is 2.37. The van der Waals surface area contributed by atoms with Crippen LogP contribution >= 0.6 is 0 Å². The zero-order chi connectivity index (χ0) is 22.7. The van der Waals surface area contributed by atoms with E-state index in [9.17, 15) is 17.6 Å². The van der Waals surface area contributed by atoms with Crippen LogP contribution in [0, 0.1) is 12.7 Å². The van der Waals surface area contributed by atoms with Crippen LogP contribution in [0.2, 0.25) is 0 Å². The first-order chi connectivity index (χ1) is 15.3. The number of carbonyl (C=O) groups excluding carboxylic acids is 1. The fourth-order valence-electron chi connectivity index (χ4n) is 4.02. The summed E-state index contributed by atoms with van der Waals surface area (Å²) in [6.45, 7) is 2.46. The molecule has 0 saturated carbocycles. The molecule has 0 aromatic heterocycles. The molecule has 1 N–H and O–H groups in total. The van der Waals surface area contributed by atoms with Crippen LogP contribution in [-0.4, -0.2) is 25.2 Å². The second-order valence-electron chi connectivity index (χ2n) is 8.00. The zero-order valence-corrected chi connectivity index (χ0v) is 18.6. The van der Waals surface area contributed by atoms with E-state index in [0.29, 0.717) is 13.0 Å². The van der Waals surface area contributed by atoms with Crippen molar-refractivity contribution < 1.29 is 17.6 Å². The van der Waals surface area contributed by atoms with Crippen LogP contribution in [0.5, 0.6) is 0 Å². The highest BCUT2D eigenvalue weighted by molar-refractivity contribution is 7.89. The molecule has 1 heterocycles. The summed E-state index contributed by atoms with van der Waals surface area (Å²) in [5.74, 6) is -0.601. The Morgan fingerprint density at radius 3 is 2.44 bits per heavy atom. The second-order valence-corrected chi connectivity index (χ2v) is 9.89. The average molecular weight is 453 g/mol. The maximum absolute atomic E-state index is 13.5. The first-order valence-corrected chi connectivity index (χ1v) is 12.0. The minimum atomic E-state index is -3.78. The van der Waals surface area contributed by atoms with Gasteiger partial charge in [0.2, 0.25) is 15.9 Å². The number of hydrogen-bond donors (Lipinski definition) is 1. The van der Waals surface area contributed by atoms with Crippen LogP contribution in [0.3, 0.4) is 0 Å². The van der Waals surface area contributed by atoms with Crippen molar-refractivity contribution in [2.75, 3.05) is 6.54 Å². The van der Waals surface area contributed by atoms with Crippen molar-refractivity contribution in [1.82, 2.24) is 9.62 Å². The molecule has 0 bridgehead atoms. The monoisotopic (exact) mass is 452 g/mol. The van der Waals surface area contributed by atoms with Crippen molar-refractivity contribution in [3.8, 4) is 0 Å². The largest absolute Gasteiger partial charge is 0.352 e. The normalized spacial score (nSPS) is 16.4. The molecule has 1 aliphatic heterocycles. The first-order valence-electron chi connectivity index (χ1n) is 10.5. The number of benzene rings is 3. The molecule has 1 aliphatic rings. The van der Waals surface area contributed by atoms with Gasteiger partial charge in [-0.05, 0) is 54.3 Å². The third kappa shape index (κ3) is 4.74. The molecule has 5 nitrogen and oxygen atoms in total. The zero-order valence-electron chi connectivity index (χ0n) is 17.8. The fraction of sp³-hybridized carbons (Fsp3) is 0.240. The van der Waals surface area contributed by atoms with Gasteiger partial charge in [-0.15, -0.1) is 0 Å². The summed E-state index contributed by atoms with van der Waals surface area (Å²) in [6.07, 6.45) is 0.595. The number of fused-ring (bicyclic) bond motifs is 1. The van der Waals surface area contributed by atoms with E-state index in [1.165, 1.54) is 16.4 Å². The Labute approximate surface area is 187 Å². The molecule has 32 heavy (non-hydrogen) atoms. The van der Waals surface area contributed by atoms with E-state index in [4.69, 9.17) is 0 Å². The van der Waals surface area contributed by atoms with Gasteiger partial charge in [-0.2, -0.15) is 4.31 Å². The predicted octanol–water partition coefficient (Wildman–Crippen LogP) is 4.13. The minimum Gasteiger partial charge on any atom is -0.352 e. The number of nitrogens with zero attached hydrogens (tertiary/aromatic N) is 1. The van der Waals surface area contributed by atoms with Crippen molar-refractivity contribution >= 4 is 15.9 Å². The maximum atomic E-state index is 13.5. The highest BCUT2D eigenvalue weighted by atomic mass is 32.2. The van der Waals surface area contributed by atoms with Crippen LogP contribution in [0.15, 0.2) is 77.7 Å². The molecule has 0 radical (unpaired) electrons. The molecule has 1 amide bonds. The van der Waals surface area contributed by atoms with Gasteiger partial charge in [0.1, 0.15) is 5.82 Å². The number of nitrogens with one attached hydrogen (secondary N) is 1. The highest BCUT2D eigenvalue weighted by Crippen LogP contribution is 2.36. The molecular weight excluding hydrogens is 427 g/mol. The van der Waals surface area contributed by atoms with E-state index in [1.54, 1.807) is 36.4 Å². The van der Waals surface area contributed by atoms with Crippen LogP contribution in [0.4, 0.5) is 4.39 Å². The molecule has 3 aromatic carbocycles. The molecule has 7 heteroatoms. The first kappa shape index (κ1) is 22.2. The van der Waals surface area contributed by atoms with Crippen molar-refractivity contribution in [1.29, 1.82) is 0 Å². The average Bonchev–Trinajstić information content (AvgIpc) is 2.79. The van der Waals surface area contributed by atoms with Crippen LogP contribution < -0.4 is 5.32 Å². The number of rotatable bonds is 6. The van der Waals surface area contributed by atoms with E-state index >= 15 is 0 Å². The lowest BCUT2D eigenvalue weighted by molar-refractivity contribution is -0.122. The summed E-state index contributed by atoms with van der Waals surface area (Å²) >= 11 is 0. The molecule has 1 atom stereocenters. The molecule has 0 unspecified atom stereocenters. The summed E-state index contributed by atoms with van der Waals surface area (Å²) in [6, 6.07) is 19.7. The van der Waals surface area contributed by atoms with Gasteiger partial charge in [-0.1, -0.05) is 54.1 Å². The Morgan fingerprint density at radius 1 is 1.03 bits per heavy atom. The quantitative estimate of drug-likeness (QED) is 0.612. The van der Waals surface area contributed by atoms with E-state index in [1.807, 2.05) is 31.2 Å². The Kier molecular flexibility index (Phi) is 6.39. The summed E-state index contributed by atoms with van der Waals surface area (Å²) in [4.78, 5) is 13.0. The lowest BCUT2D eigenvalue weighted by atomic mass is 9.92. The summed E-state index contributed by atoms with van der Waals surface area (Å²) in [5, 5.41) is 2.83. The molecule has 3 aromatic rings. The second kappa shape index (κ2) is 9.22. The fourth-order valence-corrected chi connectivity index (χ4v) is 5.63. The van der Waals surface area contributed by atoms with Crippen LogP contribution in [0.25, 0.3) is 0 Å². The number of halogens is 1. The van der Waals surface area contributed by atoms with Crippen molar-refractivity contribution in [3.05, 3.63) is 101 Å². The van der Waals surface area contributed by atoms with E-state index in [0.717, 1.165) is 22.3 Å². The van der Waals surface area contributed by atoms with Gasteiger partial charge in [0.15, 0.2) is 0 Å². The van der Waals surface area contributed by atoms with Crippen LogP contribution in [-0.2, 0) is 27.8 Å². The van der Waals surface area contributed by atoms with Gasteiger partial charge < -0.3 is 5.32 Å². The lowest BCUT2D eigenvalue weighted by Gasteiger charge is -2.36. The summed E-state index contributed by atoms with van der Waals surface area (Å²) in [7, 11) is -3.78. The van der Waals surface area contributed by atoms with Gasteiger partial charge in [0, 0.05) is 19.5 Å². The third-order valence-electron chi connectivity index (χ3n) is 5.77. The number of aryl methyl sites for hydroxylation is 1. The van der Waals surface area contributed by atoms with Gasteiger partial charge in [-0.3, -0.25) is 4.79 Å². The van der Waals surface area contributed by atoms with Gasteiger partial charge in [-0.25, -0.2) is 12.8 Å². The SMILES string of the molecule is Cc1ccc(S(=O)(=O)N2CCc3ccccc3[C@@H]2CC(=O)NCc2ccc(F)cc2)cc1. The topological polar surface area (TPSA) is 66.5 Å². The van der Waals surface area contributed by atoms with Crippen molar-refractivity contribution in [2.45, 2.75) is 37.2 Å². The number of hydrogen-bond acceptors (Lipinski definition) is 3. The van der Waals surface area contributed by atoms with Crippen molar-refractivity contribution in [2.24, 2.45) is 0 Å². The predicted molar refractivity (Wildman–Crippen MR) is 121 cm³/mol. The molecule has 166 valence electrons. The standard InChI is InChI=1S/C25H25FN2O3S/c1-18-6-12-22(13-7-18)32(30,31)28-15-14-20-4-2-3-5-23(20)24(28)16-25(29)27-17-19-8-10-21(26)11-9-19/h2-13,24H,14-17H2,1H3,(H,27,29)/t24-/m0/s1. The Bertz CT molecular complexity index is 1210. The molecule has 0 saturated heterocycles. The Balaban J connectivity index is 1.58. The Morgan fingerprint density at radius 2 is 1.72 bits per heavy atom. The number of carbonyl (C=O) groups is 1. The lowest BCUT2D eigenvalue weighted by Crippen LogP contribution is -2.42. The molecule has 0 fully saturated rings. The summed E-state index contributed by atoms with van der Waals surface area (Å²) in [5.41, 5.74) is 3.66. The summed E-state index contributed by atoms with van der Waals surface area (Å²) < 4.78 is 41.5. The molecule has 0 aliphatic carbocycles. The van der Waals surface area contributed by atoms with E-state index in [2.05, 4.69) is 5.32 Å². The van der Waals surface area contributed by atoms with Crippen LogP contribution in [0.1, 0.15) is 34.7 Å². The van der Waals surface area contributed by atoms with E-state index in [-0.39, 0.29) is 29.6 Å². The number of sulfonamides is 1. The van der Waals surface area contributed by atoms with Gasteiger partial charge in [0.05, 0.1) is 10.9 Å². The van der Waals surface area contributed by atoms with Gasteiger partial charge in [0.25, 0.3) is 0 Å². The smallest absolute Gasteiger partial charge is 0.243 e. The Hall–Kier alpha value is -3.03. The molecular formula is C25H25FN2O3S. The molecule has 4 rings (SSSR count). The minimum absolute atomic E-state index is 0.00327. The van der Waals surface area contributed by atoms with Crippen molar-refractivity contribution in [3.63, 3.8) is 0 Å². The third-order valence-corrected chi connectivity index (χ3v) is 7.69.